The van der Waals surface area contributed by atoms with Gasteiger partial charge < -0.3 is 24.4 Å². The Balaban J connectivity index is 1.60. The molecule has 1 fully saturated rings. The zero-order chi connectivity index (χ0) is 28.8. The summed E-state index contributed by atoms with van der Waals surface area (Å²) in [4.78, 5) is 45.5. The monoisotopic (exact) mass is 550 g/mol. The lowest BCUT2D eigenvalue weighted by molar-refractivity contribution is -0.139. The van der Waals surface area contributed by atoms with Gasteiger partial charge in [0.05, 0.1) is 32.4 Å². The molecule has 2 aromatic carbocycles. The highest BCUT2D eigenvalue weighted by Gasteiger charge is 2.39. The molecule has 2 aliphatic heterocycles. The van der Waals surface area contributed by atoms with Gasteiger partial charge in [0.2, 0.25) is 0 Å². The average molecular weight is 551 g/mol. The van der Waals surface area contributed by atoms with Crippen LogP contribution in [-0.4, -0.2) is 92.2 Å². The highest BCUT2D eigenvalue weighted by Crippen LogP contribution is 2.33. The van der Waals surface area contributed by atoms with E-state index < -0.39 is 12.0 Å². The molecule has 10 heteroatoms. The Morgan fingerprint density at radius 1 is 0.950 bits per heavy atom. The van der Waals surface area contributed by atoms with Gasteiger partial charge in [-0.1, -0.05) is 12.1 Å². The first kappa shape index (κ1) is 28.9. The first-order chi connectivity index (χ1) is 19.3. The average Bonchev–Trinajstić information content (AvgIpc) is 2.97. The van der Waals surface area contributed by atoms with Gasteiger partial charge in [-0.3, -0.25) is 14.6 Å². The number of amides is 3. The van der Waals surface area contributed by atoms with Gasteiger partial charge in [0.25, 0.3) is 5.91 Å². The number of carbonyl (C=O) groups is 3. The standard InChI is InChI=1S/C30H38N4O6/c1-6-33-25(19-32-16-17-34(20(3)18-32)28(35)22-10-14-24(39-5)15-11-22)26(29(36)40-7-2)27(31-30(33)37)21-8-12-23(38-4)13-9-21/h8-15,20,27H,6-7,16-19H2,1-5H3,(H,31,37). The molecule has 0 aliphatic carbocycles. The number of rotatable bonds is 9. The Morgan fingerprint density at radius 2 is 1.57 bits per heavy atom. The Morgan fingerprint density at radius 3 is 2.12 bits per heavy atom. The Bertz CT molecular complexity index is 1240. The lowest BCUT2D eigenvalue weighted by atomic mass is 9.94. The molecule has 40 heavy (non-hydrogen) atoms. The number of urea groups is 1. The number of piperazine rings is 1. The largest absolute Gasteiger partial charge is 0.497 e. The third-order valence-electron chi connectivity index (χ3n) is 7.38. The van der Waals surface area contributed by atoms with Gasteiger partial charge in [-0.2, -0.15) is 0 Å². The SMILES string of the molecule is CCOC(=O)C1=C(CN2CCN(C(=O)c3ccc(OC)cc3)C(C)C2)N(CC)C(=O)NC1c1ccc(OC)cc1. The van der Waals surface area contributed by atoms with Crippen LogP contribution < -0.4 is 14.8 Å². The fraction of sp³-hybridized carbons (Fsp3) is 0.433. The Kier molecular flexibility index (Phi) is 9.31. The van der Waals surface area contributed by atoms with E-state index in [9.17, 15) is 14.4 Å². The van der Waals surface area contributed by atoms with Gasteiger partial charge in [0, 0.05) is 50.0 Å². The van der Waals surface area contributed by atoms with E-state index in [1.165, 1.54) is 0 Å². The first-order valence-corrected chi connectivity index (χ1v) is 13.6. The maximum Gasteiger partial charge on any atom is 0.338 e. The van der Waals surface area contributed by atoms with Crippen molar-refractivity contribution in [1.29, 1.82) is 0 Å². The molecule has 2 aromatic rings. The molecule has 0 saturated carbocycles. The number of ether oxygens (including phenoxy) is 3. The molecule has 4 rings (SSSR count). The van der Waals surface area contributed by atoms with Crippen LogP contribution in [0.3, 0.4) is 0 Å². The minimum absolute atomic E-state index is 0.0342. The van der Waals surface area contributed by atoms with E-state index in [0.29, 0.717) is 61.1 Å². The smallest absolute Gasteiger partial charge is 0.338 e. The summed E-state index contributed by atoms with van der Waals surface area (Å²) in [6.45, 7) is 8.35. The third kappa shape index (κ3) is 6.07. The van der Waals surface area contributed by atoms with Crippen LogP contribution in [-0.2, 0) is 9.53 Å². The number of hydrogen-bond donors (Lipinski definition) is 1. The van der Waals surface area contributed by atoms with Crippen molar-refractivity contribution in [3.05, 3.63) is 70.9 Å². The summed E-state index contributed by atoms with van der Waals surface area (Å²) in [5, 5.41) is 2.99. The quantitative estimate of drug-likeness (QED) is 0.478. The summed E-state index contributed by atoms with van der Waals surface area (Å²) in [6.07, 6.45) is 0. The number of hydrogen-bond acceptors (Lipinski definition) is 7. The summed E-state index contributed by atoms with van der Waals surface area (Å²) in [5.41, 5.74) is 2.40. The van der Waals surface area contributed by atoms with Crippen molar-refractivity contribution in [3.63, 3.8) is 0 Å². The highest BCUT2D eigenvalue weighted by atomic mass is 16.5. The molecule has 1 saturated heterocycles. The van der Waals surface area contributed by atoms with Crippen LogP contribution in [0, 0.1) is 0 Å². The Labute approximate surface area is 235 Å². The molecule has 214 valence electrons. The molecular formula is C30H38N4O6. The summed E-state index contributed by atoms with van der Waals surface area (Å²) < 4.78 is 16.0. The number of nitrogens with zero attached hydrogens (tertiary/aromatic N) is 3. The highest BCUT2D eigenvalue weighted by molar-refractivity contribution is 5.95. The number of esters is 1. The van der Waals surface area contributed by atoms with Gasteiger partial charge >= 0.3 is 12.0 Å². The second-order valence-corrected chi connectivity index (χ2v) is 9.79. The minimum atomic E-state index is -0.661. The van der Waals surface area contributed by atoms with Crippen molar-refractivity contribution < 1.29 is 28.6 Å². The molecule has 0 radical (unpaired) electrons. The van der Waals surface area contributed by atoms with Crippen LogP contribution in [0.2, 0.25) is 0 Å². The normalized spacial score (nSPS) is 19.8. The number of likely N-dealkylation sites (N-methyl/N-ethyl adjacent to an activating group) is 1. The molecule has 2 aliphatic rings. The van der Waals surface area contributed by atoms with Gasteiger partial charge in [-0.05, 0) is 62.7 Å². The summed E-state index contributed by atoms with van der Waals surface area (Å²) in [5.74, 6) is 0.884. The van der Waals surface area contributed by atoms with Gasteiger partial charge in [-0.25, -0.2) is 9.59 Å². The van der Waals surface area contributed by atoms with Crippen LogP contribution >= 0.6 is 0 Å². The minimum Gasteiger partial charge on any atom is -0.497 e. The van der Waals surface area contributed by atoms with Crippen molar-refractivity contribution in [2.45, 2.75) is 32.9 Å². The van der Waals surface area contributed by atoms with Gasteiger partial charge in [0.1, 0.15) is 11.5 Å². The number of carbonyl (C=O) groups excluding carboxylic acids is 3. The maximum absolute atomic E-state index is 13.4. The van der Waals surface area contributed by atoms with Crippen LogP contribution in [0.4, 0.5) is 4.79 Å². The molecule has 3 amide bonds. The fourth-order valence-electron chi connectivity index (χ4n) is 5.29. The zero-order valence-electron chi connectivity index (χ0n) is 23.8. The van der Waals surface area contributed by atoms with E-state index in [1.807, 2.05) is 30.9 Å². The second kappa shape index (κ2) is 12.9. The van der Waals surface area contributed by atoms with Crippen LogP contribution in [0.5, 0.6) is 11.5 Å². The van der Waals surface area contributed by atoms with Crippen molar-refractivity contribution in [2.24, 2.45) is 0 Å². The van der Waals surface area contributed by atoms with Crippen LogP contribution in [0.25, 0.3) is 0 Å². The second-order valence-electron chi connectivity index (χ2n) is 9.79. The summed E-state index contributed by atoms with van der Waals surface area (Å²) >= 11 is 0. The number of nitrogens with one attached hydrogen (secondary N) is 1. The van der Waals surface area contributed by atoms with Gasteiger partial charge in [-0.15, -0.1) is 0 Å². The fourth-order valence-corrected chi connectivity index (χ4v) is 5.29. The number of benzene rings is 2. The van der Waals surface area contributed by atoms with E-state index in [2.05, 4.69) is 10.2 Å². The molecular weight excluding hydrogens is 512 g/mol. The van der Waals surface area contributed by atoms with E-state index in [1.54, 1.807) is 62.4 Å². The van der Waals surface area contributed by atoms with E-state index in [-0.39, 0.29) is 24.6 Å². The molecule has 2 unspecified atom stereocenters. The molecule has 10 nitrogen and oxygen atoms in total. The van der Waals surface area contributed by atoms with Crippen molar-refractivity contribution in [1.82, 2.24) is 20.0 Å². The zero-order valence-corrected chi connectivity index (χ0v) is 23.8. The molecule has 0 aromatic heterocycles. The molecule has 2 atom stereocenters. The first-order valence-electron chi connectivity index (χ1n) is 13.6. The lowest BCUT2D eigenvalue weighted by Gasteiger charge is -2.43. The number of methoxy groups -OCH3 is 2. The predicted octanol–water partition coefficient (Wildman–Crippen LogP) is 3.45. The third-order valence-corrected chi connectivity index (χ3v) is 7.38. The predicted molar refractivity (Wildman–Crippen MR) is 150 cm³/mol. The molecule has 2 heterocycles. The maximum atomic E-state index is 13.4. The van der Waals surface area contributed by atoms with E-state index >= 15 is 0 Å². The van der Waals surface area contributed by atoms with Crippen molar-refractivity contribution >= 4 is 17.9 Å². The van der Waals surface area contributed by atoms with E-state index in [4.69, 9.17) is 14.2 Å². The molecule has 0 bridgehead atoms. The van der Waals surface area contributed by atoms with Crippen molar-refractivity contribution in [3.8, 4) is 11.5 Å². The van der Waals surface area contributed by atoms with Gasteiger partial charge in [0.15, 0.2) is 0 Å². The summed E-state index contributed by atoms with van der Waals surface area (Å²) in [6, 6.07) is 13.4. The molecule has 0 spiro atoms. The lowest BCUT2D eigenvalue weighted by Crippen LogP contribution is -2.56. The Hall–Kier alpha value is -4.05. The van der Waals surface area contributed by atoms with Crippen LogP contribution in [0.1, 0.15) is 42.7 Å². The topological polar surface area (TPSA) is 101 Å². The van der Waals surface area contributed by atoms with Crippen LogP contribution in [0.15, 0.2) is 59.8 Å². The van der Waals surface area contributed by atoms with E-state index in [0.717, 1.165) is 5.56 Å². The summed E-state index contributed by atoms with van der Waals surface area (Å²) in [7, 11) is 3.18. The molecule has 1 N–H and O–H groups in total. The van der Waals surface area contributed by atoms with Crippen molar-refractivity contribution in [2.75, 3.05) is 53.6 Å².